The number of rotatable bonds is 10. The Balaban J connectivity index is 2.08. The summed E-state index contributed by atoms with van der Waals surface area (Å²) < 4.78 is 18.5. The van der Waals surface area contributed by atoms with Gasteiger partial charge >= 0.3 is 0 Å². The molecule has 8 heteroatoms. The second-order valence-electron chi connectivity index (χ2n) is 7.77. The number of amides is 1. The van der Waals surface area contributed by atoms with Gasteiger partial charge in [0, 0.05) is 57.2 Å². The number of aromatic nitrogens is 1. The van der Waals surface area contributed by atoms with E-state index in [1.165, 1.54) is 6.92 Å². The number of hydrogen-bond acceptors (Lipinski definition) is 6. The van der Waals surface area contributed by atoms with Crippen molar-refractivity contribution in [3.8, 4) is 0 Å². The van der Waals surface area contributed by atoms with E-state index in [4.69, 9.17) is 14.2 Å². The van der Waals surface area contributed by atoms with Crippen LogP contribution in [0.5, 0.6) is 0 Å². The Labute approximate surface area is 188 Å². The fourth-order valence-corrected chi connectivity index (χ4v) is 4.21. The van der Waals surface area contributed by atoms with Crippen molar-refractivity contribution >= 4 is 22.7 Å². The van der Waals surface area contributed by atoms with Crippen molar-refractivity contribution in [2.24, 2.45) is 5.92 Å². The molecule has 0 radical (unpaired) electrons. The predicted molar refractivity (Wildman–Crippen MR) is 120 cm³/mol. The van der Waals surface area contributed by atoms with Gasteiger partial charge in [0.1, 0.15) is 0 Å². The minimum Gasteiger partial charge on any atom is -0.459 e. The van der Waals surface area contributed by atoms with Crippen molar-refractivity contribution in [1.29, 1.82) is 0 Å². The Morgan fingerprint density at radius 3 is 2.75 bits per heavy atom. The van der Waals surface area contributed by atoms with Crippen LogP contribution < -0.4 is 5.32 Å². The van der Waals surface area contributed by atoms with Crippen molar-refractivity contribution < 1.29 is 28.9 Å². The van der Waals surface area contributed by atoms with Gasteiger partial charge in [-0.25, -0.2) is 0 Å². The second-order valence-corrected chi connectivity index (χ2v) is 7.77. The summed E-state index contributed by atoms with van der Waals surface area (Å²) in [7, 11) is 1.57. The summed E-state index contributed by atoms with van der Waals surface area (Å²) in [5.74, 6) is -0.615. The smallest absolute Gasteiger partial charge is 0.286 e. The number of benzene rings is 1. The molecule has 1 aliphatic heterocycles. The molecule has 0 saturated carbocycles. The molecule has 8 nitrogen and oxygen atoms in total. The summed E-state index contributed by atoms with van der Waals surface area (Å²) in [5.41, 5.74) is 1.74. The highest BCUT2D eigenvalue weighted by Crippen LogP contribution is 2.42. The zero-order valence-corrected chi connectivity index (χ0v) is 18.9. The third kappa shape index (κ3) is 5.20. The lowest BCUT2D eigenvalue weighted by molar-refractivity contribution is -0.166. The number of fused-ring (bicyclic) bond motifs is 1. The summed E-state index contributed by atoms with van der Waals surface area (Å²) in [4.78, 5) is 25.1. The number of nitrogens with zero attached hydrogens (tertiary/aromatic N) is 1. The first-order chi connectivity index (χ1) is 15.5. The zero-order chi connectivity index (χ0) is 23.1. The molecule has 2 aromatic rings. The monoisotopic (exact) mass is 444 g/mol. The molecule has 0 unspecified atom stereocenters. The van der Waals surface area contributed by atoms with Crippen molar-refractivity contribution in [3.05, 3.63) is 47.9 Å². The number of allylic oxidation sites excluding steroid dienone is 1. The minimum atomic E-state index is -0.649. The Morgan fingerprint density at radius 1 is 1.28 bits per heavy atom. The average molecular weight is 445 g/mol. The van der Waals surface area contributed by atoms with Crippen LogP contribution in [0.2, 0.25) is 0 Å². The number of nitrogens with one attached hydrogen (secondary N) is 1. The van der Waals surface area contributed by atoms with E-state index in [2.05, 4.69) is 5.32 Å². The van der Waals surface area contributed by atoms with Gasteiger partial charge < -0.3 is 24.6 Å². The van der Waals surface area contributed by atoms with E-state index in [9.17, 15) is 14.7 Å². The number of aliphatic hydroxyl groups is 1. The Morgan fingerprint density at radius 2 is 2.06 bits per heavy atom. The van der Waals surface area contributed by atoms with Gasteiger partial charge in [0.05, 0.1) is 12.1 Å². The van der Waals surface area contributed by atoms with Crippen LogP contribution in [0.3, 0.4) is 0 Å². The van der Waals surface area contributed by atoms with Gasteiger partial charge in [-0.05, 0) is 37.5 Å². The molecule has 0 spiro atoms. The summed E-state index contributed by atoms with van der Waals surface area (Å²) >= 11 is 0. The number of methoxy groups -OCH3 is 1. The number of carbonyl (C=O) groups excluding carboxylic acids is 2. The van der Waals surface area contributed by atoms with Crippen LogP contribution in [-0.4, -0.2) is 61.3 Å². The van der Waals surface area contributed by atoms with Gasteiger partial charge in [0.15, 0.2) is 5.76 Å². The number of para-hydroxylation sites is 1. The standard InChI is InChI=1S/C24H32N2O6/c1-4-31-24-18(9-7-12-27)19(14-22(32-24)23(29)25-11-13-30-3)20-15-26(16(2)28)21-10-6-5-8-17(20)21/h5-6,8,10,14-15,18-19,24,27H,4,7,9,11-13H2,1-3H3,(H,25,29)/t18-,19-,24+/m0/s1. The van der Waals surface area contributed by atoms with E-state index in [-0.39, 0.29) is 36.0 Å². The number of ether oxygens (including phenoxy) is 3. The van der Waals surface area contributed by atoms with Crippen molar-refractivity contribution in [2.45, 2.75) is 38.9 Å². The van der Waals surface area contributed by atoms with E-state index in [0.29, 0.717) is 32.6 Å². The first kappa shape index (κ1) is 24.0. The molecule has 1 aliphatic rings. The molecule has 1 aromatic heterocycles. The van der Waals surface area contributed by atoms with Crippen molar-refractivity contribution in [1.82, 2.24) is 9.88 Å². The third-order valence-electron chi connectivity index (χ3n) is 5.67. The van der Waals surface area contributed by atoms with Crippen LogP contribution in [-0.2, 0) is 19.0 Å². The Kier molecular flexibility index (Phi) is 8.44. The van der Waals surface area contributed by atoms with Crippen LogP contribution in [0, 0.1) is 5.92 Å². The second kappa shape index (κ2) is 11.3. The predicted octanol–water partition coefficient (Wildman–Crippen LogP) is 2.81. The first-order valence-electron chi connectivity index (χ1n) is 11.0. The maximum absolute atomic E-state index is 12.8. The van der Waals surface area contributed by atoms with Crippen LogP contribution in [0.25, 0.3) is 10.9 Å². The minimum absolute atomic E-state index is 0.0470. The van der Waals surface area contributed by atoms with E-state index in [0.717, 1.165) is 16.5 Å². The quantitative estimate of drug-likeness (QED) is 0.547. The number of aliphatic hydroxyl groups excluding tert-OH is 1. The highest BCUT2D eigenvalue weighted by molar-refractivity contribution is 5.95. The van der Waals surface area contributed by atoms with Gasteiger partial charge in [0.25, 0.3) is 5.91 Å². The molecule has 0 bridgehead atoms. The van der Waals surface area contributed by atoms with Gasteiger partial charge in [0.2, 0.25) is 12.2 Å². The first-order valence-corrected chi connectivity index (χ1v) is 11.0. The highest BCUT2D eigenvalue weighted by atomic mass is 16.7. The van der Waals surface area contributed by atoms with Gasteiger partial charge in [-0.3, -0.25) is 14.2 Å². The van der Waals surface area contributed by atoms with E-state index < -0.39 is 6.29 Å². The largest absolute Gasteiger partial charge is 0.459 e. The van der Waals surface area contributed by atoms with Gasteiger partial charge in [-0.1, -0.05) is 18.2 Å². The molecule has 3 atom stereocenters. The maximum atomic E-state index is 12.8. The fourth-order valence-electron chi connectivity index (χ4n) is 4.21. The van der Waals surface area contributed by atoms with Gasteiger partial charge in [-0.2, -0.15) is 0 Å². The molecular formula is C24H32N2O6. The van der Waals surface area contributed by atoms with Crippen molar-refractivity contribution in [2.75, 3.05) is 33.5 Å². The topological polar surface area (TPSA) is 99.0 Å². The normalized spacial score (nSPS) is 20.6. The molecule has 2 heterocycles. The fraction of sp³-hybridized carbons (Fsp3) is 0.500. The maximum Gasteiger partial charge on any atom is 0.286 e. The Bertz CT molecular complexity index is 967. The lowest BCUT2D eigenvalue weighted by atomic mass is 9.80. The Hall–Kier alpha value is -2.68. The molecule has 2 N–H and O–H groups in total. The molecule has 32 heavy (non-hydrogen) atoms. The summed E-state index contributed by atoms with van der Waals surface area (Å²) in [6.45, 7) is 4.61. The summed E-state index contributed by atoms with van der Waals surface area (Å²) in [6, 6.07) is 7.71. The molecule has 1 amide bonds. The molecule has 0 aliphatic carbocycles. The summed E-state index contributed by atoms with van der Waals surface area (Å²) in [6.07, 6.45) is 4.22. The molecule has 3 rings (SSSR count). The molecule has 174 valence electrons. The van der Waals surface area contributed by atoms with E-state index in [1.54, 1.807) is 11.7 Å². The molecular weight excluding hydrogens is 412 g/mol. The average Bonchev–Trinajstić information content (AvgIpc) is 3.18. The molecule has 0 fully saturated rings. The lowest BCUT2D eigenvalue weighted by Gasteiger charge is -2.36. The number of hydrogen-bond donors (Lipinski definition) is 2. The van der Waals surface area contributed by atoms with E-state index >= 15 is 0 Å². The SMILES string of the molecule is CCO[C@@H]1OC(C(=O)NCCOC)=C[C@H](c2cn(C(C)=O)c3ccccc23)[C@@H]1CCCO. The third-order valence-corrected chi connectivity index (χ3v) is 5.67. The number of carbonyl (C=O) groups is 2. The van der Waals surface area contributed by atoms with Crippen LogP contribution in [0.1, 0.15) is 43.0 Å². The van der Waals surface area contributed by atoms with Crippen molar-refractivity contribution in [3.63, 3.8) is 0 Å². The summed E-state index contributed by atoms with van der Waals surface area (Å²) in [5, 5.41) is 13.2. The van der Waals surface area contributed by atoms with Crippen LogP contribution in [0.4, 0.5) is 0 Å². The highest BCUT2D eigenvalue weighted by Gasteiger charge is 2.39. The lowest BCUT2D eigenvalue weighted by Crippen LogP contribution is -2.39. The molecule has 0 saturated heterocycles. The van der Waals surface area contributed by atoms with Crippen LogP contribution in [0.15, 0.2) is 42.3 Å². The van der Waals surface area contributed by atoms with Crippen LogP contribution >= 0.6 is 0 Å². The van der Waals surface area contributed by atoms with E-state index in [1.807, 2.05) is 43.5 Å². The van der Waals surface area contributed by atoms with Gasteiger partial charge in [-0.15, -0.1) is 0 Å². The molecule has 1 aromatic carbocycles. The zero-order valence-electron chi connectivity index (χ0n) is 18.9.